The molecule has 3 aromatic carbocycles. The lowest BCUT2D eigenvalue weighted by molar-refractivity contribution is 0.102. The van der Waals surface area contributed by atoms with Crippen molar-refractivity contribution < 1.29 is 14.3 Å². The minimum Gasteiger partial charge on any atom is -0.495 e. The summed E-state index contributed by atoms with van der Waals surface area (Å²) in [7, 11) is 3.03. The minimum absolute atomic E-state index is 0.292. The van der Waals surface area contributed by atoms with Crippen molar-refractivity contribution in [2.45, 2.75) is 0 Å². The number of methoxy groups -OCH3 is 2. The number of halogens is 2. The molecule has 1 amide bonds. The first-order valence-corrected chi connectivity index (χ1v) is 10.6. The quantitative estimate of drug-likeness (QED) is 0.338. The van der Waals surface area contributed by atoms with Gasteiger partial charge in [-0.3, -0.25) is 4.79 Å². The van der Waals surface area contributed by atoms with Gasteiger partial charge >= 0.3 is 0 Å². The molecule has 4 rings (SSSR count). The molecule has 0 atom stereocenters. The zero-order valence-corrected chi connectivity index (χ0v) is 19.1. The summed E-state index contributed by atoms with van der Waals surface area (Å²) < 4.78 is 11.6. The summed E-state index contributed by atoms with van der Waals surface area (Å²) in [6, 6.07) is 20.4. The molecule has 0 radical (unpaired) electrons. The fourth-order valence-electron chi connectivity index (χ4n) is 3.28. The second kappa shape index (κ2) is 8.96. The molecule has 0 spiro atoms. The largest absolute Gasteiger partial charge is 0.495 e. The Balaban J connectivity index is 1.80. The first-order valence-electron chi connectivity index (χ1n) is 9.38. The number of para-hydroxylation sites is 1. The zero-order valence-electron chi connectivity index (χ0n) is 16.8. The van der Waals surface area contributed by atoms with Gasteiger partial charge in [0, 0.05) is 27.6 Å². The predicted molar refractivity (Wildman–Crippen MR) is 127 cm³/mol. The number of aromatic nitrogens is 1. The summed E-state index contributed by atoms with van der Waals surface area (Å²) in [5.41, 5.74) is 3.30. The van der Waals surface area contributed by atoms with Crippen LogP contribution in [0, 0.1) is 0 Å². The summed E-state index contributed by atoms with van der Waals surface area (Å²) in [6.45, 7) is 0. The van der Waals surface area contributed by atoms with Gasteiger partial charge in [0.2, 0.25) is 0 Å². The molecule has 0 saturated carbocycles. The maximum absolute atomic E-state index is 13.3. The van der Waals surface area contributed by atoms with Crippen LogP contribution in [-0.2, 0) is 0 Å². The second-order valence-corrected chi connectivity index (χ2v) is 8.04. The Hall–Kier alpha value is -3.09. The Morgan fingerprint density at radius 2 is 1.68 bits per heavy atom. The number of benzene rings is 3. The van der Waals surface area contributed by atoms with Crippen LogP contribution in [0.2, 0.25) is 5.02 Å². The fraction of sp³-hybridized carbons (Fsp3) is 0.0833. The van der Waals surface area contributed by atoms with Crippen LogP contribution in [0.25, 0.3) is 22.2 Å². The number of fused-ring (bicyclic) bond motifs is 1. The van der Waals surface area contributed by atoms with Gasteiger partial charge in [-0.15, -0.1) is 0 Å². The molecule has 0 saturated heterocycles. The topological polar surface area (TPSA) is 60.5 Å². The van der Waals surface area contributed by atoms with Crippen LogP contribution >= 0.6 is 27.5 Å². The van der Waals surface area contributed by atoms with Crippen LogP contribution in [0.5, 0.6) is 11.5 Å². The van der Waals surface area contributed by atoms with E-state index >= 15 is 0 Å². The molecule has 1 aromatic heterocycles. The van der Waals surface area contributed by atoms with Crippen LogP contribution in [0.15, 0.2) is 71.2 Å². The maximum atomic E-state index is 13.3. The highest BCUT2D eigenvalue weighted by molar-refractivity contribution is 9.10. The lowest BCUT2D eigenvalue weighted by Gasteiger charge is -2.14. The summed E-state index contributed by atoms with van der Waals surface area (Å²) in [6.07, 6.45) is 0. The molecule has 0 aliphatic carbocycles. The minimum atomic E-state index is -0.292. The second-order valence-electron chi connectivity index (χ2n) is 6.72. The Morgan fingerprint density at radius 3 is 2.39 bits per heavy atom. The van der Waals surface area contributed by atoms with Gasteiger partial charge in [-0.05, 0) is 24.3 Å². The number of ether oxygens (including phenoxy) is 2. The smallest absolute Gasteiger partial charge is 0.256 e. The van der Waals surface area contributed by atoms with Crippen molar-refractivity contribution in [1.29, 1.82) is 0 Å². The van der Waals surface area contributed by atoms with Gasteiger partial charge in [0.25, 0.3) is 5.91 Å². The monoisotopic (exact) mass is 496 g/mol. The van der Waals surface area contributed by atoms with Gasteiger partial charge in [0.05, 0.1) is 41.7 Å². The van der Waals surface area contributed by atoms with E-state index in [0.717, 1.165) is 20.9 Å². The molecule has 4 aromatic rings. The summed E-state index contributed by atoms with van der Waals surface area (Å²) in [5, 5.41) is 4.07. The normalized spacial score (nSPS) is 10.7. The van der Waals surface area contributed by atoms with Crippen molar-refractivity contribution in [2.24, 2.45) is 0 Å². The van der Waals surface area contributed by atoms with E-state index in [1.54, 1.807) is 18.2 Å². The number of hydrogen-bond donors (Lipinski definition) is 1. The number of nitrogens with zero attached hydrogens (tertiary/aromatic N) is 1. The van der Waals surface area contributed by atoms with E-state index in [9.17, 15) is 4.79 Å². The van der Waals surface area contributed by atoms with E-state index in [4.69, 9.17) is 26.1 Å². The maximum Gasteiger partial charge on any atom is 0.256 e. The Bertz CT molecular complexity index is 1280. The molecule has 5 nitrogen and oxygen atoms in total. The van der Waals surface area contributed by atoms with Crippen molar-refractivity contribution in [3.8, 4) is 22.8 Å². The van der Waals surface area contributed by atoms with E-state index in [0.29, 0.717) is 33.5 Å². The molecule has 0 bridgehead atoms. The van der Waals surface area contributed by atoms with Crippen molar-refractivity contribution in [3.63, 3.8) is 0 Å². The number of pyridine rings is 1. The molecule has 1 N–H and O–H groups in total. The average molecular weight is 498 g/mol. The SMILES string of the molecule is COc1cc(NC(=O)c2cc(-c3ccc(Br)cc3)nc3ccccc23)c(OC)cc1Cl. The number of rotatable bonds is 5. The van der Waals surface area contributed by atoms with E-state index in [2.05, 4.69) is 21.2 Å². The molecular formula is C24H18BrClN2O3. The highest BCUT2D eigenvalue weighted by atomic mass is 79.9. The highest BCUT2D eigenvalue weighted by Crippen LogP contribution is 2.36. The molecule has 0 unspecified atom stereocenters. The summed E-state index contributed by atoms with van der Waals surface area (Å²) in [5.74, 6) is 0.582. The molecule has 0 aliphatic heterocycles. The van der Waals surface area contributed by atoms with Gasteiger partial charge in [-0.1, -0.05) is 57.9 Å². The Morgan fingerprint density at radius 1 is 0.968 bits per heavy atom. The third kappa shape index (κ3) is 4.36. The van der Waals surface area contributed by atoms with Crippen LogP contribution in [0.3, 0.4) is 0 Å². The van der Waals surface area contributed by atoms with Crippen molar-refractivity contribution >= 4 is 50.0 Å². The van der Waals surface area contributed by atoms with E-state index < -0.39 is 0 Å². The third-order valence-electron chi connectivity index (χ3n) is 4.82. The predicted octanol–water partition coefficient (Wildman–Crippen LogP) is 6.59. The lowest BCUT2D eigenvalue weighted by Crippen LogP contribution is -2.14. The van der Waals surface area contributed by atoms with Gasteiger partial charge in [-0.25, -0.2) is 4.98 Å². The van der Waals surface area contributed by atoms with Gasteiger partial charge < -0.3 is 14.8 Å². The Kier molecular flexibility index (Phi) is 6.11. The zero-order chi connectivity index (χ0) is 22.0. The molecular weight excluding hydrogens is 480 g/mol. The molecule has 0 aliphatic rings. The van der Waals surface area contributed by atoms with Gasteiger partial charge in [0.15, 0.2) is 0 Å². The van der Waals surface area contributed by atoms with E-state index in [1.807, 2.05) is 48.5 Å². The number of amides is 1. The van der Waals surface area contributed by atoms with Crippen LogP contribution in [0.1, 0.15) is 10.4 Å². The van der Waals surface area contributed by atoms with Crippen LogP contribution in [0.4, 0.5) is 5.69 Å². The lowest BCUT2D eigenvalue weighted by atomic mass is 10.0. The number of carbonyl (C=O) groups is 1. The van der Waals surface area contributed by atoms with E-state index in [-0.39, 0.29) is 5.91 Å². The third-order valence-corrected chi connectivity index (χ3v) is 5.65. The van der Waals surface area contributed by atoms with Crippen molar-refractivity contribution in [2.75, 3.05) is 19.5 Å². The fourth-order valence-corrected chi connectivity index (χ4v) is 3.77. The standard InChI is InChI=1S/C24H18BrClN2O3/c1-30-22-13-21(23(31-2)12-18(22)26)28-24(29)17-11-20(14-7-9-15(25)10-8-14)27-19-6-4-3-5-16(17)19/h3-13H,1-2H3,(H,28,29). The van der Waals surface area contributed by atoms with Gasteiger partial charge in [-0.2, -0.15) is 0 Å². The molecule has 7 heteroatoms. The average Bonchev–Trinajstić information content (AvgIpc) is 2.79. The van der Waals surface area contributed by atoms with Crippen molar-refractivity contribution in [1.82, 2.24) is 4.98 Å². The van der Waals surface area contributed by atoms with E-state index in [1.165, 1.54) is 14.2 Å². The van der Waals surface area contributed by atoms with Gasteiger partial charge in [0.1, 0.15) is 11.5 Å². The summed E-state index contributed by atoms with van der Waals surface area (Å²) >= 11 is 9.63. The number of anilines is 1. The Labute approximate surface area is 193 Å². The van der Waals surface area contributed by atoms with Crippen LogP contribution in [-0.4, -0.2) is 25.1 Å². The summed E-state index contributed by atoms with van der Waals surface area (Å²) in [4.78, 5) is 18.1. The first kappa shape index (κ1) is 21.2. The van der Waals surface area contributed by atoms with Crippen LogP contribution < -0.4 is 14.8 Å². The molecule has 156 valence electrons. The molecule has 0 fully saturated rings. The number of nitrogens with one attached hydrogen (secondary N) is 1. The molecule has 31 heavy (non-hydrogen) atoms. The molecule has 1 heterocycles. The number of hydrogen-bond acceptors (Lipinski definition) is 4. The number of carbonyl (C=O) groups excluding carboxylic acids is 1. The first-order chi connectivity index (χ1) is 15.0. The highest BCUT2D eigenvalue weighted by Gasteiger charge is 2.17. The van der Waals surface area contributed by atoms with Crippen molar-refractivity contribution in [3.05, 3.63) is 81.8 Å².